The van der Waals surface area contributed by atoms with Crippen molar-refractivity contribution in [1.82, 2.24) is 10.3 Å². The molecule has 0 unspecified atom stereocenters. The summed E-state index contributed by atoms with van der Waals surface area (Å²) in [6.45, 7) is 0. The number of pyridine rings is 1. The molecule has 3 aromatic rings. The number of carbonyl (C=O) groups excluding carboxylic acids is 1. The number of nitrogens with zero attached hydrogens (tertiary/aromatic N) is 1. The van der Waals surface area contributed by atoms with Crippen LogP contribution in [0.3, 0.4) is 0 Å². The van der Waals surface area contributed by atoms with E-state index in [9.17, 15) is 9.18 Å². The minimum Gasteiger partial charge on any atom is -0.327 e. The molecule has 4 nitrogen and oxygen atoms in total. The van der Waals surface area contributed by atoms with Crippen molar-refractivity contribution in [3.63, 3.8) is 0 Å². The highest BCUT2D eigenvalue weighted by Crippen LogP contribution is 2.21. The number of amides is 2. The minimum atomic E-state index is -0.481. The molecule has 1 aromatic heterocycles. The van der Waals surface area contributed by atoms with Crippen molar-refractivity contribution in [1.29, 1.82) is 0 Å². The van der Waals surface area contributed by atoms with Crippen molar-refractivity contribution in [3.05, 3.63) is 96.1 Å². The van der Waals surface area contributed by atoms with Crippen LogP contribution in [0, 0.1) is 5.82 Å². The smallest absolute Gasteiger partial charge is 0.320 e. The molecule has 0 spiro atoms. The summed E-state index contributed by atoms with van der Waals surface area (Å²) < 4.78 is 13.7. The lowest BCUT2D eigenvalue weighted by atomic mass is 10.00. The fourth-order valence-corrected chi connectivity index (χ4v) is 2.41. The maximum absolute atomic E-state index is 13.7. The van der Waals surface area contributed by atoms with Gasteiger partial charge in [-0.2, -0.15) is 0 Å². The van der Waals surface area contributed by atoms with E-state index in [0.717, 1.165) is 11.1 Å². The van der Waals surface area contributed by atoms with Crippen molar-refractivity contribution >= 4 is 11.7 Å². The number of nitrogens with one attached hydrogen (secondary N) is 2. The molecule has 0 aliphatic rings. The van der Waals surface area contributed by atoms with E-state index in [1.807, 2.05) is 42.5 Å². The van der Waals surface area contributed by atoms with E-state index < -0.39 is 11.8 Å². The Morgan fingerprint density at radius 3 is 2.21 bits per heavy atom. The van der Waals surface area contributed by atoms with Crippen LogP contribution in [-0.2, 0) is 0 Å². The van der Waals surface area contributed by atoms with E-state index in [1.165, 1.54) is 12.1 Å². The Kier molecular flexibility index (Phi) is 4.81. The van der Waals surface area contributed by atoms with Gasteiger partial charge in [-0.05, 0) is 35.4 Å². The first kappa shape index (κ1) is 15.7. The van der Waals surface area contributed by atoms with Crippen molar-refractivity contribution in [3.8, 4) is 0 Å². The highest BCUT2D eigenvalue weighted by molar-refractivity contribution is 5.89. The summed E-state index contributed by atoms with van der Waals surface area (Å²) in [5.41, 5.74) is 1.95. The molecule has 120 valence electrons. The van der Waals surface area contributed by atoms with Crippen LogP contribution in [0.2, 0.25) is 0 Å². The van der Waals surface area contributed by atoms with Crippen molar-refractivity contribution in [2.75, 3.05) is 5.32 Å². The van der Waals surface area contributed by atoms with Crippen LogP contribution in [0.25, 0.3) is 0 Å². The third-order valence-electron chi connectivity index (χ3n) is 3.57. The van der Waals surface area contributed by atoms with Gasteiger partial charge in [0.15, 0.2) is 0 Å². The van der Waals surface area contributed by atoms with Gasteiger partial charge in [-0.3, -0.25) is 4.98 Å². The van der Waals surface area contributed by atoms with Gasteiger partial charge in [-0.25, -0.2) is 9.18 Å². The second-order valence-electron chi connectivity index (χ2n) is 5.20. The number of hydrogen-bond acceptors (Lipinski definition) is 2. The predicted octanol–water partition coefficient (Wildman–Crippen LogP) is 4.13. The standard InChI is InChI=1S/C19H16FN3O/c20-16-8-4-5-9-17(16)22-19(24)23-18(14-6-2-1-3-7-14)15-10-12-21-13-11-15/h1-13,18H,(H2,22,23,24)/t18-/m1/s1. The summed E-state index contributed by atoms with van der Waals surface area (Å²) in [7, 11) is 0. The van der Waals surface area contributed by atoms with Crippen LogP contribution in [0.1, 0.15) is 17.2 Å². The molecular weight excluding hydrogens is 305 g/mol. The number of halogens is 1. The number of rotatable bonds is 4. The zero-order valence-electron chi connectivity index (χ0n) is 12.8. The van der Waals surface area contributed by atoms with Gasteiger partial charge in [0.2, 0.25) is 0 Å². The number of hydrogen-bond donors (Lipinski definition) is 2. The Balaban J connectivity index is 1.82. The molecule has 24 heavy (non-hydrogen) atoms. The molecule has 0 aliphatic heterocycles. The molecule has 0 bridgehead atoms. The number of aromatic nitrogens is 1. The highest BCUT2D eigenvalue weighted by Gasteiger charge is 2.17. The van der Waals surface area contributed by atoms with Crippen LogP contribution in [0.5, 0.6) is 0 Å². The Morgan fingerprint density at radius 1 is 0.875 bits per heavy atom. The van der Waals surface area contributed by atoms with Crippen molar-refractivity contribution in [2.24, 2.45) is 0 Å². The lowest BCUT2D eigenvalue weighted by molar-refractivity contribution is 0.250. The molecular formula is C19H16FN3O. The molecule has 0 aliphatic carbocycles. The number of benzene rings is 2. The van der Waals surface area contributed by atoms with Gasteiger partial charge >= 0.3 is 6.03 Å². The Hall–Kier alpha value is -3.21. The van der Waals surface area contributed by atoms with Crippen molar-refractivity contribution in [2.45, 2.75) is 6.04 Å². The number of urea groups is 1. The van der Waals surface area contributed by atoms with Gasteiger partial charge in [0.25, 0.3) is 0 Å². The first-order chi connectivity index (χ1) is 11.7. The summed E-state index contributed by atoms with van der Waals surface area (Å²) in [4.78, 5) is 16.3. The zero-order valence-corrected chi connectivity index (χ0v) is 12.8. The lowest BCUT2D eigenvalue weighted by Gasteiger charge is -2.20. The first-order valence-corrected chi connectivity index (χ1v) is 7.51. The van der Waals surface area contributed by atoms with Gasteiger partial charge in [-0.1, -0.05) is 42.5 Å². The molecule has 2 amide bonds. The SMILES string of the molecule is O=C(Nc1ccccc1F)N[C@H](c1ccccc1)c1ccncc1. The van der Waals surface area contributed by atoms with E-state index in [4.69, 9.17) is 0 Å². The van der Waals surface area contributed by atoms with E-state index >= 15 is 0 Å². The van der Waals surface area contributed by atoms with E-state index in [0.29, 0.717) is 0 Å². The second-order valence-corrected chi connectivity index (χ2v) is 5.20. The van der Waals surface area contributed by atoms with Crippen molar-refractivity contribution < 1.29 is 9.18 Å². The second kappa shape index (κ2) is 7.37. The molecule has 0 fully saturated rings. The van der Waals surface area contributed by atoms with Crippen LogP contribution < -0.4 is 10.6 Å². The first-order valence-electron chi connectivity index (χ1n) is 7.51. The molecule has 0 saturated heterocycles. The Morgan fingerprint density at radius 2 is 1.50 bits per heavy atom. The number of para-hydroxylation sites is 1. The van der Waals surface area contributed by atoms with Crippen LogP contribution in [-0.4, -0.2) is 11.0 Å². The average molecular weight is 321 g/mol. The summed E-state index contributed by atoms with van der Waals surface area (Å²) in [6.07, 6.45) is 3.34. The quantitative estimate of drug-likeness (QED) is 0.759. The summed E-state index contributed by atoms with van der Waals surface area (Å²) in [5.74, 6) is -0.479. The van der Waals surface area contributed by atoms with Crippen LogP contribution in [0.4, 0.5) is 14.9 Å². The topological polar surface area (TPSA) is 54.0 Å². The number of carbonyl (C=O) groups is 1. The molecule has 5 heteroatoms. The van der Waals surface area contributed by atoms with E-state index in [2.05, 4.69) is 15.6 Å². The minimum absolute atomic E-state index is 0.136. The fraction of sp³-hybridized carbons (Fsp3) is 0.0526. The predicted molar refractivity (Wildman–Crippen MR) is 91.1 cm³/mol. The van der Waals surface area contributed by atoms with Crippen LogP contribution >= 0.6 is 0 Å². The van der Waals surface area contributed by atoms with Gasteiger partial charge in [-0.15, -0.1) is 0 Å². The number of anilines is 1. The van der Waals surface area contributed by atoms with Gasteiger partial charge < -0.3 is 10.6 Å². The molecule has 2 N–H and O–H groups in total. The van der Waals surface area contributed by atoms with E-state index in [-0.39, 0.29) is 11.7 Å². The van der Waals surface area contributed by atoms with E-state index in [1.54, 1.807) is 24.5 Å². The summed E-state index contributed by atoms with van der Waals surface area (Å²) in [5, 5.41) is 5.42. The summed E-state index contributed by atoms with van der Waals surface area (Å²) in [6, 6.07) is 18.4. The molecule has 1 heterocycles. The maximum Gasteiger partial charge on any atom is 0.320 e. The largest absolute Gasteiger partial charge is 0.327 e. The van der Waals surface area contributed by atoms with Gasteiger partial charge in [0, 0.05) is 12.4 Å². The molecule has 0 saturated carbocycles. The Labute approximate surface area is 139 Å². The molecule has 0 radical (unpaired) electrons. The fourth-order valence-electron chi connectivity index (χ4n) is 2.41. The third-order valence-corrected chi connectivity index (χ3v) is 3.57. The average Bonchev–Trinajstić information content (AvgIpc) is 2.63. The Bertz CT molecular complexity index is 770. The van der Waals surface area contributed by atoms with Gasteiger partial charge in [0.05, 0.1) is 11.7 Å². The molecule has 3 rings (SSSR count). The maximum atomic E-state index is 13.7. The van der Waals surface area contributed by atoms with Gasteiger partial charge in [0.1, 0.15) is 5.82 Å². The van der Waals surface area contributed by atoms with Crippen LogP contribution in [0.15, 0.2) is 79.1 Å². The molecule has 2 aromatic carbocycles. The highest BCUT2D eigenvalue weighted by atomic mass is 19.1. The normalized spacial score (nSPS) is 11.5. The molecule has 1 atom stereocenters. The lowest BCUT2D eigenvalue weighted by Crippen LogP contribution is -2.33. The summed E-state index contributed by atoms with van der Waals surface area (Å²) >= 11 is 0. The monoisotopic (exact) mass is 321 g/mol. The zero-order chi connectivity index (χ0) is 16.8. The third kappa shape index (κ3) is 3.76.